The lowest BCUT2D eigenvalue weighted by atomic mass is 9.71. The second-order valence-corrected chi connectivity index (χ2v) is 5.57. The molecule has 0 spiro atoms. The standard InChI is InChI=1S/C12H23N3/c1-9(2)12-8-6-5-7-11(12)15(10(3)4)14-13-12/h9-11H,5-8H2,1-4H3. The van der Waals surface area contributed by atoms with Crippen molar-refractivity contribution in [3.63, 3.8) is 0 Å². The third-order valence-electron chi connectivity index (χ3n) is 4.06. The van der Waals surface area contributed by atoms with E-state index >= 15 is 0 Å². The first-order valence-corrected chi connectivity index (χ1v) is 6.29. The van der Waals surface area contributed by atoms with Gasteiger partial charge in [0.1, 0.15) is 5.54 Å². The summed E-state index contributed by atoms with van der Waals surface area (Å²) in [7, 11) is 0. The van der Waals surface area contributed by atoms with E-state index in [-0.39, 0.29) is 5.54 Å². The van der Waals surface area contributed by atoms with Crippen molar-refractivity contribution < 1.29 is 0 Å². The minimum atomic E-state index is 0.128. The summed E-state index contributed by atoms with van der Waals surface area (Å²) in [4.78, 5) is 0. The van der Waals surface area contributed by atoms with Crippen LogP contribution in [0.1, 0.15) is 53.4 Å². The fourth-order valence-electron chi connectivity index (χ4n) is 3.09. The van der Waals surface area contributed by atoms with Crippen molar-refractivity contribution in [1.82, 2.24) is 5.01 Å². The van der Waals surface area contributed by atoms with Crippen molar-refractivity contribution in [2.75, 3.05) is 0 Å². The van der Waals surface area contributed by atoms with Gasteiger partial charge in [-0.2, -0.15) is 5.11 Å². The van der Waals surface area contributed by atoms with Crippen molar-refractivity contribution in [3.05, 3.63) is 0 Å². The Morgan fingerprint density at radius 2 is 1.93 bits per heavy atom. The van der Waals surface area contributed by atoms with Crippen LogP contribution in [0.2, 0.25) is 0 Å². The van der Waals surface area contributed by atoms with Gasteiger partial charge in [-0.1, -0.05) is 31.9 Å². The molecule has 1 aliphatic heterocycles. The van der Waals surface area contributed by atoms with Crippen LogP contribution >= 0.6 is 0 Å². The lowest BCUT2D eigenvalue weighted by Crippen LogP contribution is -2.52. The van der Waals surface area contributed by atoms with Crippen molar-refractivity contribution in [2.24, 2.45) is 16.3 Å². The number of nitrogens with zero attached hydrogens (tertiary/aromatic N) is 3. The Labute approximate surface area is 92.9 Å². The summed E-state index contributed by atoms with van der Waals surface area (Å²) in [5, 5.41) is 11.3. The van der Waals surface area contributed by atoms with Crippen LogP contribution in [0.3, 0.4) is 0 Å². The number of rotatable bonds is 2. The predicted molar refractivity (Wildman–Crippen MR) is 61.7 cm³/mol. The molecule has 1 aliphatic carbocycles. The third-order valence-corrected chi connectivity index (χ3v) is 4.06. The largest absolute Gasteiger partial charge is 0.271 e. The van der Waals surface area contributed by atoms with E-state index in [0.717, 1.165) is 0 Å². The lowest BCUT2D eigenvalue weighted by Gasteiger charge is -2.42. The van der Waals surface area contributed by atoms with E-state index in [4.69, 9.17) is 0 Å². The molecule has 1 saturated carbocycles. The molecule has 86 valence electrons. The summed E-state index contributed by atoms with van der Waals surface area (Å²) in [5.41, 5.74) is 0.128. The van der Waals surface area contributed by atoms with Gasteiger partial charge in [0.15, 0.2) is 0 Å². The highest BCUT2D eigenvalue weighted by Crippen LogP contribution is 2.45. The molecular formula is C12H23N3. The molecule has 0 radical (unpaired) electrons. The first-order chi connectivity index (χ1) is 7.08. The molecule has 1 fully saturated rings. The fraction of sp³-hybridized carbons (Fsp3) is 1.00. The monoisotopic (exact) mass is 209 g/mol. The maximum absolute atomic E-state index is 4.64. The topological polar surface area (TPSA) is 28.0 Å². The normalized spacial score (nSPS) is 35.3. The highest BCUT2D eigenvalue weighted by Gasteiger charge is 2.50. The van der Waals surface area contributed by atoms with Crippen LogP contribution in [0.15, 0.2) is 10.3 Å². The highest BCUT2D eigenvalue weighted by atomic mass is 15.6. The van der Waals surface area contributed by atoms with Crippen molar-refractivity contribution in [3.8, 4) is 0 Å². The van der Waals surface area contributed by atoms with Crippen LogP contribution in [0.25, 0.3) is 0 Å². The molecule has 0 bridgehead atoms. The number of fused-ring (bicyclic) bond motifs is 1. The van der Waals surface area contributed by atoms with E-state index in [1.807, 2.05) is 0 Å². The highest BCUT2D eigenvalue weighted by molar-refractivity contribution is 5.06. The van der Waals surface area contributed by atoms with Crippen molar-refractivity contribution in [2.45, 2.75) is 71.0 Å². The molecule has 2 unspecified atom stereocenters. The Balaban J connectivity index is 2.25. The first kappa shape index (κ1) is 10.9. The first-order valence-electron chi connectivity index (χ1n) is 6.29. The van der Waals surface area contributed by atoms with Gasteiger partial charge in [0.05, 0.1) is 6.04 Å². The summed E-state index contributed by atoms with van der Waals surface area (Å²) in [6, 6.07) is 1.05. The maximum atomic E-state index is 4.64. The van der Waals surface area contributed by atoms with Gasteiger partial charge in [0.2, 0.25) is 0 Å². The van der Waals surface area contributed by atoms with E-state index < -0.39 is 0 Å². The van der Waals surface area contributed by atoms with Gasteiger partial charge in [-0.25, -0.2) is 0 Å². The molecular weight excluding hydrogens is 186 g/mol. The molecule has 1 heterocycles. The second-order valence-electron chi connectivity index (χ2n) is 5.57. The Morgan fingerprint density at radius 1 is 1.20 bits per heavy atom. The van der Waals surface area contributed by atoms with Crippen LogP contribution < -0.4 is 0 Å². The van der Waals surface area contributed by atoms with Crippen molar-refractivity contribution in [1.29, 1.82) is 0 Å². The van der Waals surface area contributed by atoms with Gasteiger partial charge in [-0.05, 0) is 32.6 Å². The van der Waals surface area contributed by atoms with E-state index in [0.29, 0.717) is 18.0 Å². The van der Waals surface area contributed by atoms with E-state index in [1.54, 1.807) is 0 Å². The molecule has 0 N–H and O–H groups in total. The smallest absolute Gasteiger partial charge is 0.108 e. The van der Waals surface area contributed by atoms with Crippen LogP contribution in [-0.4, -0.2) is 22.6 Å². The van der Waals surface area contributed by atoms with Crippen LogP contribution in [0.5, 0.6) is 0 Å². The Kier molecular flexibility index (Phi) is 2.73. The number of hydrogen-bond donors (Lipinski definition) is 0. The van der Waals surface area contributed by atoms with Crippen LogP contribution in [0.4, 0.5) is 0 Å². The molecule has 2 atom stereocenters. The van der Waals surface area contributed by atoms with E-state index in [2.05, 4.69) is 43.0 Å². The summed E-state index contributed by atoms with van der Waals surface area (Å²) >= 11 is 0. The van der Waals surface area contributed by atoms with Gasteiger partial charge in [-0.3, -0.25) is 5.01 Å². The molecule has 15 heavy (non-hydrogen) atoms. The van der Waals surface area contributed by atoms with Gasteiger partial charge < -0.3 is 0 Å². The van der Waals surface area contributed by atoms with E-state index in [9.17, 15) is 0 Å². The molecule has 0 aromatic carbocycles. The summed E-state index contributed by atoms with van der Waals surface area (Å²) in [6.45, 7) is 9.01. The van der Waals surface area contributed by atoms with Crippen LogP contribution in [-0.2, 0) is 0 Å². The second kappa shape index (κ2) is 3.76. The fourth-order valence-corrected chi connectivity index (χ4v) is 3.09. The molecule has 0 aromatic heterocycles. The molecule has 0 saturated heterocycles. The van der Waals surface area contributed by atoms with Crippen LogP contribution in [0, 0.1) is 5.92 Å². The molecule has 0 amide bonds. The zero-order valence-corrected chi connectivity index (χ0v) is 10.4. The average molecular weight is 209 g/mol. The molecule has 0 aromatic rings. The van der Waals surface area contributed by atoms with Gasteiger partial charge in [-0.15, -0.1) is 0 Å². The Bertz CT molecular complexity index is 260. The summed E-state index contributed by atoms with van der Waals surface area (Å²) in [5.74, 6) is 0.607. The molecule has 2 rings (SSSR count). The minimum Gasteiger partial charge on any atom is -0.271 e. The number of hydrogen-bond acceptors (Lipinski definition) is 3. The lowest BCUT2D eigenvalue weighted by molar-refractivity contribution is 0.0834. The van der Waals surface area contributed by atoms with E-state index in [1.165, 1.54) is 25.7 Å². The minimum absolute atomic E-state index is 0.128. The Hall–Kier alpha value is -0.600. The molecule has 3 heteroatoms. The van der Waals surface area contributed by atoms with Gasteiger partial charge in [0.25, 0.3) is 0 Å². The third kappa shape index (κ3) is 1.56. The summed E-state index contributed by atoms with van der Waals surface area (Å²) < 4.78 is 0. The van der Waals surface area contributed by atoms with Gasteiger partial charge >= 0.3 is 0 Å². The average Bonchev–Trinajstić information content (AvgIpc) is 2.57. The molecule has 2 aliphatic rings. The maximum Gasteiger partial charge on any atom is 0.108 e. The zero-order chi connectivity index (χ0) is 11.1. The zero-order valence-electron chi connectivity index (χ0n) is 10.4. The molecule has 3 nitrogen and oxygen atoms in total. The predicted octanol–water partition coefficient (Wildman–Crippen LogP) is 3.42. The quantitative estimate of drug-likeness (QED) is 0.685. The van der Waals surface area contributed by atoms with Crippen molar-refractivity contribution >= 4 is 0 Å². The van der Waals surface area contributed by atoms with Gasteiger partial charge in [0, 0.05) is 6.04 Å². The SMILES string of the molecule is CC(C)N1N=NC2(C(C)C)CCCCC12. The summed E-state index contributed by atoms with van der Waals surface area (Å²) in [6.07, 6.45) is 5.15. The Morgan fingerprint density at radius 3 is 2.53 bits per heavy atom.